The molecule has 0 unspecified atom stereocenters. The lowest BCUT2D eigenvalue weighted by Crippen LogP contribution is -2.23. The van der Waals surface area contributed by atoms with Crippen LogP contribution in [0.2, 0.25) is 0 Å². The standard InChI is InChI=1S/C15H18N2O4S2/c1-3-23(19,20)14-11(2)17-13(22-14)9-16-15(18)21-10-12-7-5-4-6-8-12/h4-8H,3,9-10H2,1-2H3,(H,16,18). The third kappa shape index (κ3) is 4.77. The molecule has 23 heavy (non-hydrogen) atoms. The molecule has 1 N–H and O–H groups in total. The first kappa shape index (κ1) is 17.4. The van der Waals surface area contributed by atoms with Gasteiger partial charge < -0.3 is 10.1 Å². The number of carbonyl (C=O) groups is 1. The van der Waals surface area contributed by atoms with Crippen LogP contribution in [0.3, 0.4) is 0 Å². The number of thiazole rings is 1. The van der Waals surface area contributed by atoms with Gasteiger partial charge in [-0.25, -0.2) is 18.2 Å². The van der Waals surface area contributed by atoms with Gasteiger partial charge in [-0.1, -0.05) is 37.3 Å². The van der Waals surface area contributed by atoms with Crippen LogP contribution in [0.4, 0.5) is 4.79 Å². The van der Waals surface area contributed by atoms with Gasteiger partial charge in [-0.15, -0.1) is 11.3 Å². The Balaban J connectivity index is 1.89. The summed E-state index contributed by atoms with van der Waals surface area (Å²) >= 11 is 1.08. The Labute approximate surface area is 139 Å². The van der Waals surface area contributed by atoms with Gasteiger partial charge >= 0.3 is 6.09 Å². The van der Waals surface area contributed by atoms with E-state index in [0.29, 0.717) is 10.7 Å². The van der Waals surface area contributed by atoms with Crippen molar-refractivity contribution in [3.8, 4) is 0 Å². The number of benzene rings is 1. The molecule has 2 rings (SSSR count). The quantitative estimate of drug-likeness (QED) is 0.862. The van der Waals surface area contributed by atoms with Gasteiger partial charge in [0.25, 0.3) is 0 Å². The van der Waals surface area contributed by atoms with E-state index in [0.717, 1.165) is 16.9 Å². The third-order valence-corrected chi connectivity index (χ3v) is 6.64. The van der Waals surface area contributed by atoms with Crippen molar-refractivity contribution in [1.82, 2.24) is 10.3 Å². The second-order valence-corrected chi connectivity index (χ2v) is 8.36. The number of alkyl carbamates (subject to hydrolysis) is 1. The highest BCUT2D eigenvalue weighted by Gasteiger charge is 2.20. The molecule has 1 aromatic carbocycles. The maximum atomic E-state index is 11.9. The largest absolute Gasteiger partial charge is 0.445 e. The van der Waals surface area contributed by atoms with E-state index in [1.165, 1.54) is 0 Å². The zero-order chi connectivity index (χ0) is 16.9. The maximum absolute atomic E-state index is 11.9. The lowest BCUT2D eigenvalue weighted by molar-refractivity contribution is 0.139. The summed E-state index contributed by atoms with van der Waals surface area (Å²) in [7, 11) is -3.28. The molecule has 1 amide bonds. The fourth-order valence-corrected chi connectivity index (χ4v) is 4.50. The summed E-state index contributed by atoms with van der Waals surface area (Å²) in [5.74, 6) is 0.0298. The van der Waals surface area contributed by atoms with Gasteiger partial charge in [-0.3, -0.25) is 0 Å². The first-order valence-corrected chi connectivity index (χ1v) is 9.53. The summed E-state index contributed by atoms with van der Waals surface area (Å²) < 4.78 is 29.1. The zero-order valence-corrected chi connectivity index (χ0v) is 14.5. The Hall–Kier alpha value is -1.93. The highest BCUT2D eigenvalue weighted by atomic mass is 32.2. The number of sulfone groups is 1. The molecular formula is C15H18N2O4S2. The van der Waals surface area contributed by atoms with E-state index < -0.39 is 15.9 Å². The number of carbonyl (C=O) groups excluding carboxylic acids is 1. The summed E-state index contributed by atoms with van der Waals surface area (Å²) in [5.41, 5.74) is 1.36. The fraction of sp³-hybridized carbons (Fsp3) is 0.333. The van der Waals surface area contributed by atoms with Crippen LogP contribution in [0.1, 0.15) is 23.2 Å². The van der Waals surface area contributed by atoms with Gasteiger partial charge in [0.15, 0.2) is 9.84 Å². The molecule has 0 fully saturated rings. The molecule has 0 bridgehead atoms. The van der Waals surface area contributed by atoms with E-state index in [4.69, 9.17) is 4.74 Å². The smallest absolute Gasteiger partial charge is 0.407 e. The SMILES string of the molecule is CCS(=O)(=O)c1sc(CNC(=O)OCc2ccccc2)nc1C. The molecule has 1 aromatic heterocycles. The van der Waals surface area contributed by atoms with Gasteiger partial charge in [0.05, 0.1) is 18.0 Å². The van der Waals surface area contributed by atoms with Crippen molar-refractivity contribution in [3.63, 3.8) is 0 Å². The van der Waals surface area contributed by atoms with Gasteiger partial charge in [-0.05, 0) is 12.5 Å². The van der Waals surface area contributed by atoms with Crippen LogP contribution in [0.5, 0.6) is 0 Å². The van der Waals surface area contributed by atoms with Crippen LogP contribution in [0.25, 0.3) is 0 Å². The first-order chi connectivity index (χ1) is 10.9. The summed E-state index contributed by atoms with van der Waals surface area (Å²) in [4.78, 5) is 15.8. The van der Waals surface area contributed by atoms with Crippen molar-refractivity contribution in [2.45, 2.75) is 31.2 Å². The monoisotopic (exact) mass is 354 g/mol. The number of hydrogen-bond acceptors (Lipinski definition) is 6. The molecular weight excluding hydrogens is 336 g/mol. The minimum atomic E-state index is -3.28. The topological polar surface area (TPSA) is 85.4 Å². The molecule has 0 spiro atoms. The Morgan fingerprint density at radius 3 is 2.65 bits per heavy atom. The lowest BCUT2D eigenvalue weighted by Gasteiger charge is -2.05. The molecule has 0 saturated heterocycles. The van der Waals surface area contributed by atoms with Crippen molar-refractivity contribution in [2.75, 3.05) is 5.75 Å². The second-order valence-electron chi connectivity index (χ2n) is 4.80. The van der Waals surface area contributed by atoms with Gasteiger partial charge in [-0.2, -0.15) is 0 Å². The zero-order valence-electron chi connectivity index (χ0n) is 12.9. The molecule has 6 nitrogen and oxygen atoms in total. The number of nitrogens with one attached hydrogen (secondary N) is 1. The molecule has 2 aromatic rings. The number of ether oxygens (including phenoxy) is 1. The van der Waals surface area contributed by atoms with Crippen LogP contribution in [0.15, 0.2) is 34.5 Å². The number of nitrogens with zero attached hydrogens (tertiary/aromatic N) is 1. The predicted molar refractivity (Wildman–Crippen MR) is 88.0 cm³/mol. The molecule has 1 heterocycles. The van der Waals surface area contributed by atoms with Crippen molar-refractivity contribution < 1.29 is 17.9 Å². The van der Waals surface area contributed by atoms with Gasteiger partial charge in [0, 0.05) is 0 Å². The average molecular weight is 354 g/mol. The van der Waals surface area contributed by atoms with E-state index in [1.54, 1.807) is 13.8 Å². The molecule has 8 heteroatoms. The summed E-state index contributed by atoms with van der Waals surface area (Å²) in [6.07, 6.45) is -0.568. The van der Waals surface area contributed by atoms with Crippen LogP contribution in [0, 0.1) is 6.92 Å². The van der Waals surface area contributed by atoms with Gasteiger partial charge in [0.2, 0.25) is 0 Å². The van der Waals surface area contributed by atoms with E-state index in [9.17, 15) is 13.2 Å². The number of rotatable bonds is 6. The highest BCUT2D eigenvalue weighted by molar-refractivity contribution is 7.93. The number of aromatic nitrogens is 1. The number of amides is 1. The van der Waals surface area contributed by atoms with E-state index in [1.807, 2.05) is 30.3 Å². The average Bonchev–Trinajstić information content (AvgIpc) is 2.93. The van der Waals surface area contributed by atoms with Crippen molar-refractivity contribution in [2.24, 2.45) is 0 Å². The Kier molecular flexibility index (Phi) is 5.73. The van der Waals surface area contributed by atoms with E-state index in [-0.39, 0.29) is 23.1 Å². The second kappa shape index (κ2) is 7.56. The third-order valence-electron chi connectivity index (χ3n) is 3.06. The number of aryl methyl sites for hydroxylation is 1. The minimum absolute atomic E-state index is 0.0298. The Bertz CT molecular complexity index is 770. The summed E-state index contributed by atoms with van der Waals surface area (Å²) in [6, 6.07) is 9.34. The lowest BCUT2D eigenvalue weighted by atomic mass is 10.2. The van der Waals surface area contributed by atoms with Crippen LogP contribution < -0.4 is 5.32 Å². The molecule has 0 aliphatic heterocycles. The Morgan fingerprint density at radius 1 is 1.30 bits per heavy atom. The fourth-order valence-electron chi connectivity index (χ4n) is 1.85. The summed E-state index contributed by atoms with van der Waals surface area (Å²) in [5, 5.41) is 3.10. The molecule has 0 radical (unpaired) electrons. The Morgan fingerprint density at radius 2 is 2.00 bits per heavy atom. The maximum Gasteiger partial charge on any atom is 0.407 e. The van der Waals surface area contributed by atoms with Crippen molar-refractivity contribution >= 4 is 27.3 Å². The molecule has 0 aliphatic rings. The van der Waals surface area contributed by atoms with E-state index in [2.05, 4.69) is 10.3 Å². The minimum Gasteiger partial charge on any atom is -0.445 e. The van der Waals surface area contributed by atoms with E-state index >= 15 is 0 Å². The van der Waals surface area contributed by atoms with Crippen LogP contribution in [-0.4, -0.2) is 25.2 Å². The number of hydrogen-bond donors (Lipinski definition) is 1. The predicted octanol–water partition coefficient (Wildman–Crippen LogP) is 2.67. The first-order valence-electron chi connectivity index (χ1n) is 7.06. The van der Waals surface area contributed by atoms with Gasteiger partial charge in [0.1, 0.15) is 15.8 Å². The van der Waals surface area contributed by atoms with Crippen LogP contribution >= 0.6 is 11.3 Å². The molecule has 0 saturated carbocycles. The normalized spacial score (nSPS) is 11.2. The molecule has 0 aliphatic carbocycles. The summed E-state index contributed by atoms with van der Waals surface area (Å²) in [6.45, 7) is 3.56. The highest BCUT2D eigenvalue weighted by Crippen LogP contribution is 2.24. The molecule has 124 valence electrons. The van der Waals surface area contributed by atoms with Crippen LogP contribution in [-0.2, 0) is 27.7 Å². The molecule has 0 atom stereocenters. The van der Waals surface area contributed by atoms with Crippen molar-refractivity contribution in [3.05, 3.63) is 46.6 Å². The van der Waals surface area contributed by atoms with Crippen molar-refractivity contribution in [1.29, 1.82) is 0 Å².